The van der Waals surface area contributed by atoms with Crippen LogP contribution >= 0.6 is 0 Å². The van der Waals surface area contributed by atoms with Crippen LogP contribution in [0.2, 0.25) is 0 Å². The van der Waals surface area contributed by atoms with E-state index >= 15 is 0 Å². The van der Waals surface area contributed by atoms with E-state index in [0.717, 1.165) is 16.9 Å². The van der Waals surface area contributed by atoms with Gasteiger partial charge in [-0.2, -0.15) is 5.10 Å². The van der Waals surface area contributed by atoms with Crippen molar-refractivity contribution < 1.29 is 9.31 Å². The van der Waals surface area contributed by atoms with Crippen molar-refractivity contribution in [2.75, 3.05) is 0 Å². The van der Waals surface area contributed by atoms with Gasteiger partial charge in [0, 0.05) is 23.6 Å². The average molecular weight is 299 g/mol. The molecule has 6 heteroatoms. The minimum absolute atomic E-state index is 0.335. The number of rotatable bonds is 3. The third-order valence-electron chi connectivity index (χ3n) is 4.45. The van der Waals surface area contributed by atoms with Crippen molar-refractivity contribution in [1.29, 1.82) is 0 Å². The van der Waals surface area contributed by atoms with E-state index in [1.165, 1.54) is 0 Å². The molecule has 0 radical (unpaired) electrons. The van der Waals surface area contributed by atoms with Gasteiger partial charge in [-0.3, -0.25) is 9.67 Å². The highest BCUT2D eigenvalue weighted by Crippen LogP contribution is 2.36. The van der Waals surface area contributed by atoms with E-state index in [0.29, 0.717) is 6.54 Å². The lowest BCUT2D eigenvalue weighted by atomic mass is 9.82. The van der Waals surface area contributed by atoms with Crippen LogP contribution in [-0.2, 0) is 15.9 Å². The fourth-order valence-electron chi connectivity index (χ4n) is 2.42. The molecular weight excluding hydrogens is 277 g/mol. The summed E-state index contributed by atoms with van der Waals surface area (Å²) < 4.78 is 13.9. The minimum atomic E-state index is -0.371. The van der Waals surface area contributed by atoms with Gasteiger partial charge in [0.25, 0.3) is 0 Å². The molecule has 2 aromatic heterocycles. The number of aromatic nitrogens is 3. The molecule has 2 aromatic rings. The van der Waals surface area contributed by atoms with Gasteiger partial charge in [0.05, 0.1) is 23.4 Å². The van der Waals surface area contributed by atoms with Crippen LogP contribution in [0.15, 0.2) is 30.6 Å². The van der Waals surface area contributed by atoms with Crippen LogP contribution in [0, 0.1) is 6.92 Å². The van der Waals surface area contributed by atoms with E-state index in [1.54, 1.807) is 6.20 Å². The summed E-state index contributed by atoms with van der Waals surface area (Å²) in [7, 11) is -0.371. The first-order chi connectivity index (χ1) is 10.3. The number of aryl methyl sites for hydroxylation is 1. The van der Waals surface area contributed by atoms with Crippen molar-refractivity contribution in [3.05, 3.63) is 42.0 Å². The first kappa shape index (κ1) is 15.2. The number of hydrogen-bond acceptors (Lipinski definition) is 4. The molecular formula is C16H22BN3O2. The summed E-state index contributed by atoms with van der Waals surface area (Å²) in [6.07, 6.45) is 3.77. The van der Waals surface area contributed by atoms with E-state index in [2.05, 4.69) is 10.1 Å². The summed E-state index contributed by atoms with van der Waals surface area (Å²) in [6.45, 7) is 10.8. The zero-order chi connectivity index (χ0) is 16.0. The van der Waals surface area contributed by atoms with Gasteiger partial charge < -0.3 is 9.31 Å². The molecule has 5 nitrogen and oxygen atoms in total. The summed E-state index contributed by atoms with van der Waals surface area (Å²) in [5.41, 5.74) is 2.26. The van der Waals surface area contributed by atoms with E-state index in [-0.39, 0.29) is 18.3 Å². The molecule has 1 aliphatic heterocycles. The van der Waals surface area contributed by atoms with Gasteiger partial charge in [0.2, 0.25) is 0 Å². The van der Waals surface area contributed by atoms with Crippen LogP contribution in [0.4, 0.5) is 0 Å². The largest absolute Gasteiger partial charge is 0.498 e. The minimum Gasteiger partial charge on any atom is -0.399 e. The second-order valence-corrected chi connectivity index (χ2v) is 6.83. The zero-order valence-electron chi connectivity index (χ0n) is 13.8. The smallest absolute Gasteiger partial charge is 0.399 e. The SMILES string of the molecule is Cc1cccc(Cn2cc(B3OC(C)(C)C(C)(C)O3)cn2)n1. The summed E-state index contributed by atoms with van der Waals surface area (Å²) in [5.74, 6) is 0. The van der Waals surface area contributed by atoms with E-state index in [9.17, 15) is 0 Å². The highest BCUT2D eigenvalue weighted by Gasteiger charge is 2.52. The molecule has 116 valence electrons. The summed E-state index contributed by atoms with van der Waals surface area (Å²) in [5, 5.41) is 4.40. The second kappa shape index (κ2) is 5.21. The Balaban J connectivity index is 1.75. The molecule has 0 aromatic carbocycles. The molecule has 1 aliphatic rings. The monoisotopic (exact) mass is 299 g/mol. The Hall–Kier alpha value is -1.66. The molecule has 0 amide bonds. The van der Waals surface area contributed by atoms with E-state index < -0.39 is 0 Å². The van der Waals surface area contributed by atoms with Crippen molar-refractivity contribution in [3.63, 3.8) is 0 Å². The predicted molar refractivity (Wildman–Crippen MR) is 86.0 cm³/mol. The van der Waals surface area contributed by atoms with Crippen LogP contribution < -0.4 is 5.46 Å². The molecule has 1 saturated heterocycles. The Bertz CT molecular complexity index is 666. The lowest BCUT2D eigenvalue weighted by Crippen LogP contribution is -2.41. The van der Waals surface area contributed by atoms with Gasteiger partial charge in [-0.05, 0) is 46.8 Å². The molecule has 0 bridgehead atoms. The molecule has 1 fully saturated rings. The maximum Gasteiger partial charge on any atom is 0.498 e. The Morgan fingerprint density at radius 3 is 2.45 bits per heavy atom. The first-order valence-corrected chi connectivity index (χ1v) is 7.57. The maximum atomic E-state index is 6.04. The van der Waals surface area contributed by atoms with Gasteiger partial charge in [0.1, 0.15) is 0 Å². The zero-order valence-corrected chi connectivity index (χ0v) is 13.8. The Labute approximate surface area is 131 Å². The van der Waals surface area contributed by atoms with Gasteiger partial charge in [-0.15, -0.1) is 0 Å². The number of pyridine rings is 1. The van der Waals surface area contributed by atoms with Crippen molar-refractivity contribution in [1.82, 2.24) is 14.8 Å². The highest BCUT2D eigenvalue weighted by molar-refractivity contribution is 6.61. The van der Waals surface area contributed by atoms with Gasteiger partial charge in [-0.1, -0.05) is 6.07 Å². The first-order valence-electron chi connectivity index (χ1n) is 7.57. The lowest BCUT2D eigenvalue weighted by Gasteiger charge is -2.32. The van der Waals surface area contributed by atoms with Crippen LogP contribution in [0.3, 0.4) is 0 Å². The van der Waals surface area contributed by atoms with Crippen LogP contribution in [0.1, 0.15) is 39.1 Å². The van der Waals surface area contributed by atoms with Crippen molar-refractivity contribution in [3.8, 4) is 0 Å². The Morgan fingerprint density at radius 2 is 1.82 bits per heavy atom. The topological polar surface area (TPSA) is 49.2 Å². The van der Waals surface area contributed by atoms with Crippen LogP contribution in [0.25, 0.3) is 0 Å². The quantitative estimate of drug-likeness (QED) is 0.813. The molecule has 22 heavy (non-hydrogen) atoms. The van der Waals surface area contributed by atoms with E-state index in [4.69, 9.17) is 9.31 Å². The normalized spacial score (nSPS) is 19.6. The molecule has 0 unspecified atom stereocenters. The molecule has 0 spiro atoms. The highest BCUT2D eigenvalue weighted by atomic mass is 16.7. The molecule has 0 aliphatic carbocycles. The number of hydrogen-bond donors (Lipinski definition) is 0. The summed E-state index contributed by atoms with van der Waals surface area (Å²) >= 11 is 0. The summed E-state index contributed by atoms with van der Waals surface area (Å²) in [6, 6.07) is 6.00. The predicted octanol–water partition coefficient (Wildman–Crippen LogP) is 1.93. The van der Waals surface area contributed by atoms with E-state index in [1.807, 2.05) is 63.7 Å². The molecule has 3 heterocycles. The van der Waals surface area contributed by atoms with Crippen molar-refractivity contribution in [2.24, 2.45) is 0 Å². The third-order valence-corrected chi connectivity index (χ3v) is 4.45. The maximum absolute atomic E-state index is 6.04. The molecule has 0 atom stereocenters. The average Bonchev–Trinajstić information content (AvgIpc) is 2.93. The van der Waals surface area contributed by atoms with Gasteiger partial charge in [0.15, 0.2) is 0 Å². The molecule has 0 saturated carbocycles. The fourth-order valence-corrected chi connectivity index (χ4v) is 2.42. The van der Waals surface area contributed by atoms with Gasteiger partial charge in [-0.25, -0.2) is 0 Å². The van der Waals surface area contributed by atoms with Crippen molar-refractivity contribution >= 4 is 12.6 Å². The molecule has 3 rings (SSSR count). The Morgan fingerprint density at radius 1 is 1.14 bits per heavy atom. The van der Waals surface area contributed by atoms with Gasteiger partial charge >= 0.3 is 7.12 Å². The number of nitrogens with zero attached hydrogens (tertiary/aromatic N) is 3. The van der Waals surface area contributed by atoms with Crippen LogP contribution in [-0.4, -0.2) is 33.1 Å². The van der Waals surface area contributed by atoms with Crippen LogP contribution in [0.5, 0.6) is 0 Å². The van der Waals surface area contributed by atoms with Crippen molar-refractivity contribution in [2.45, 2.75) is 52.4 Å². The fraction of sp³-hybridized carbons (Fsp3) is 0.500. The second-order valence-electron chi connectivity index (χ2n) is 6.83. The third kappa shape index (κ3) is 2.81. The Kier molecular flexibility index (Phi) is 3.61. The molecule has 0 N–H and O–H groups in total. The standard InChI is InChI=1S/C16H22BN3O2/c1-12-7-6-8-14(19-12)11-20-10-13(9-18-20)17-21-15(2,3)16(4,5)22-17/h6-10H,11H2,1-5H3. The summed E-state index contributed by atoms with van der Waals surface area (Å²) in [4.78, 5) is 4.50. The lowest BCUT2D eigenvalue weighted by molar-refractivity contribution is 0.00578.